The van der Waals surface area contributed by atoms with Crippen molar-refractivity contribution in [1.82, 2.24) is 0 Å². The first-order valence-corrected chi connectivity index (χ1v) is 25.6. The second-order valence-electron chi connectivity index (χ2n) is 19.9. The SMILES string of the molecule is CCCCC(Oc1ccc(C(C)(C)CC)cc1C(C)(C)CC)C(=O)Nc1cc(Nc2ccc(N(CC)CC)cc2C)c(OC)cc1NS(=O)(=O)c1c(C(C)C)cc(C(C)C)cc1C(C)C. The van der Waals surface area contributed by atoms with Crippen LogP contribution in [0.4, 0.5) is 28.4 Å². The largest absolute Gasteiger partial charge is 0.494 e. The van der Waals surface area contributed by atoms with Crippen molar-refractivity contribution in [2.24, 2.45) is 0 Å². The molecular formula is C55H82N4O5S. The fourth-order valence-corrected chi connectivity index (χ4v) is 9.90. The Morgan fingerprint density at radius 3 is 1.83 bits per heavy atom. The summed E-state index contributed by atoms with van der Waals surface area (Å²) < 4.78 is 45.8. The number of ether oxygens (including phenoxy) is 2. The van der Waals surface area contributed by atoms with Crippen LogP contribution in [0, 0.1) is 6.92 Å². The predicted molar refractivity (Wildman–Crippen MR) is 276 cm³/mol. The van der Waals surface area contributed by atoms with Crippen LogP contribution in [0.1, 0.15) is 187 Å². The summed E-state index contributed by atoms with van der Waals surface area (Å²) in [5.41, 5.74) is 8.63. The Morgan fingerprint density at radius 1 is 0.708 bits per heavy atom. The number of nitrogens with one attached hydrogen (secondary N) is 3. The Balaban J connectivity index is 1.93. The van der Waals surface area contributed by atoms with Crippen molar-refractivity contribution < 1.29 is 22.7 Å². The number of anilines is 5. The number of carbonyl (C=O) groups is 1. The lowest BCUT2D eigenvalue weighted by molar-refractivity contribution is -0.123. The van der Waals surface area contributed by atoms with Crippen molar-refractivity contribution in [1.29, 1.82) is 0 Å². The molecule has 0 bridgehead atoms. The molecule has 4 rings (SSSR count). The third-order valence-electron chi connectivity index (χ3n) is 13.4. The first-order valence-electron chi connectivity index (χ1n) is 24.2. The summed E-state index contributed by atoms with van der Waals surface area (Å²) in [6.07, 6.45) is 3.08. The van der Waals surface area contributed by atoms with E-state index in [-0.39, 0.29) is 50.8 Å². The van der Waals surface area contributed by atoms with Crippen LogP contribution in [0.25, 0.3) is 0 Å². The Morgan fingerprint density at radius 2 is 1.32 bits per heavy atom. The molecule has 1 atom stereocenters. The Labute approximate surface area is 393 Å². The number of hydrogen-bond donors (Lipinski definition) is 3. The fourth-order valence-electron chi connectivity index (χ4n) is 8.13. The second kappa shape index (κ2) is 22.2. The van der Waals surface area contributed by atoms with Crippen molar-refractivity contribution >= 4 is 44.4 Å². The highest BCUT2D eigenvalue weighted by atomic mass is 32.2. The van der Waals surface area contributed by atoms with Gasteiger partial charge in [0.05, 0.1) is 29.1 Å². The molecule has 4 aromatic rings. The van der Waals surface area contributed by atoms with E-state index in [1.807, 2.05) is 52.0 Å². The number of carbonyl (C=O) groups excluding carboxylic acids is 1. The highest BCUT2D eigenvalue weighted by molar-refractivity contribution is 7.92. The number of unbranched alkanes of at least 4 members (excludes halogenated alkanes) is 1. The van der Waals surface area contributed by atoms with Gasteiger partial charge in [0.15, 0.2) is 6.10 Å². The summed E-state index contributed by atoms with van der Waals surface area (Å²) in [5, 5.41) is 6.71. The van der Waals surface area contributed by atoms with Crippen LogP contribution >= 0.6 is 0 Å². The smallest absolute Gasteiger partial charge is 0.265 e. The molecule has 1 amide bonds. The first kappa shape index (κ1) is 52.9. The van der Waals surface area contributed by atoms with E-state index in [1.165, 1.54) is 5.56 Å². The van der Waals surface area contributed by atoms with Gasteiger partial charge in [-0.15, -0.1) is 0 Å². The minimum atomic E-state index is -4.23. The molecule has 1 unspecified atom stereocenters. The Bertz CT molecular complexity index is 2330. The number of aryl methyl sites for hydroxylation is 1. The lowest BCUT2D eigenvalue weighted by Crippen LogP contribution is -2.34. The average Bonchev–Trinajstić information content (AvgIpc) is 3.26. The van der Waals surface area contributed by atoms with Gasteiger partial charge in [0.1, 0.15) is 11.5 Å². The lowest BCUT2D eigenvalue weighted by atomic mass is 9.76. The maximum atomic E-state index is 15.0. The molecule has 0 heterocycles. The molecule has 0 spiro atoms. The zero-order valence-electron chi connectivity index (χ0n) is 42.9. The molecule has 0 saturated carbocycles. The summed E-state index contributed by atoms with van der Waals surface area (Å²) in [5.74, 6) is 0.770. The van der Waals surface area contributed by atoms with Crippen LogP contribution in [0.3, 0.4) is 0 Å². The van der Waals surface area contributed by atoms with E-state index in [0.717, 1.165) is 78.0 Å². The summed E-state index contributed by atoms with van der Waals surface area (Å²) in [6, 6.07) is 20.1. The van der Waals surface area contributed by atoms with Crippen LogP contribution < -0.4 is 29.7 Å². The molecule has 65 heavy (non-hydrogen) atoms. The van der Waals surface area contributed by atoms with E-state index >= 15 is 8.42 Å². The van der Waals surface area contributed by atoms with Gasteiger partial charge in [-0.3, -0.25) is 9.52 Å². The van der Waals surface area contributed by atoms with Crippen molar-refractivity contribution in [3.05, 3.63) is 94.0 Å². The number of sulfonamides is 1. The highest BCUT2D eigenvalue weighted by Gasteiger charge is 2.32. The van der Waals surface area contributed by atoms with Gasteiger partial charge in [0.2, 0.25) is 0 Å². The van der Waals surface area contributed by atoms with Crippen LogP contribution in [0.5, 0.6) is 11.5 Å². The van der Waals surface area contributed by atoms with Gasteiger partial charge in [-0.1, -0.05) is 121 Å². The van der Waals surface area contributed by atoms with E-state index < -0.39 is 16.1 Å². The molecule has 9 nitrogen and oxygen atoms in total. The van der Waals surface area contributed by atoms with Crippen molar-refractivity contribution in [3.8, 4) is 11.5 Å². The third-order valence-corrected chi connectivity index (χ3v) is 14.9. The van der Waals surface area contributed by atoms with Crippen molar-refractivity contribution in [2.45, 2.75) is 182 Å². The highest BCUT2D eigenvalue weighted by Crippen LogP contribution is 2.43. The van der Waals surface area contributed by atoms with Crippen LogP contribution in [-0.2, 0) is 25.6 Å². The van der Waals surface area contributed by atoms with Gasteiger partial charge in [0.25, 0.3) is 15.9 Å². The number of methoxy groups -OCH3 is 1. The van der Waals surface area contributed by atoms with E-state index in [2.05, 4.69) is 128 Å². The number of amides is 1. The van der Waals surface area contributed by atoms with Gasteiger partial charge in [-0.2, -0.15) is 0 Å². The monoisotopic (exact) mass is 911 g/mol. The molecule has 358 valence electrons. The zero-order chi connectivity index (χ0) is 48.6. The van der Waals surface area contributed by atoms with E-state index in [4.69, 9.17) is 9.47 Å². The third kappa shape index (κ3) is 12.6. The normalized spacial score (nSPS) is 12.7. The molecule has 0 fully saturated rings. The van der Waals surface area contributed by atoms with Crippen LogP contribution in [0.15, 0.2) is 65.6 Å². The van der Waals surface area contributed by atoms with Crippen LogP contribution in [0.2, 0.25) is 0 Å². The first-order chi connectivity index (χ1) is 30.5. The lowest BCUT2D eigenvalue weighted by Gasteiger charge is -2.31. The van der Waals surface area contributed by atoms with E-state index in [1.54, 1.807) is 19.2 Å². The molecule has 0 aliphatic heterocycles. The summed E-state index contributed by atoms with van der Waals surface area (Å²) in [6.45, 7) is 35.9. The van der Waals surface area contributed by atoms with Crippen LogP contribution in [-0.4, -0.2) is 40.6 Å². The standard InChI is InChI=1S/C55H82N4O5S/c1-18-23-24-50(64-49-28-25-40(54(13,14)19-2)32-44(49)55(15,16)20-3)53(60)57-46-33-48(56-45-27-26-41(29-38(45)12)59(21-4)22-5)51(63-17)34-47(46)58-65(61,62)52-42(36(8)9)30-39(35(6)7)31-43(52)37(10)11/h25-37,50,56,58H,18-24H2,1-17H3,(H,57,60). The molecule has 4 aromatic carbocycles. The molecule has 0 aliphatic carbocycles. The van der Waals surface area contributed by atoms with E-state index in [0.29, 0.717) is 23.6 Å². The fraction of sp³-hybridized carbons (Fsp3) is 0.545. The number of benzene rings is 4. The summed E-state index contributed by atoms with van der Waals surface area (Å²) in [7, 11) is -2.67. The van der Waals surface area contributed by atoms with Gasteiger partial charge in [-0.25, -0.2) is 8.42 Å². The average molecular weight is 911 g/mol. The van der Waals surface area contributed by atoms with Crippen molar-refractivity contribution in [2.75, 3.05) is 40.5 Å². The minimum Gasteiger partial charge on any atom is -0.494 e. The Hall–Kier alpha value is -4.70. The molecule has 3 N–H and O–H groups in total. The van der Waals surface area contributed by atoms with Gasteiger partial charge >= 0.3 is 0 Å². The van der Waals surface area contributed by atoms with Crippen molar-refractivity contribution in [3.63, 3.8) is 0 Å². The topological polar surface area (TPSA) is 109 Å². The molecular weight excluding hydrogens is 829 g/mol. The summed E-state index contributed by atoms with van der Waals surface area (Å²) >= 11 is 0. The van der Waals surface area contributed by atoms with Gasteiger partial charge < -0.3 is 25.0 Å². The maximum Gasteiger partial charge on any atom is 0.265 e. The molecule has 0 saturated heterocycles. The number of rotatable bonds is 23. The van der Waals surface area contributed by atoms with Gasteiger partial charge in [-0.05, 0) is 133 Å². The maximum absolute atomic E-state index is 15.0. The number of hydrogen-bond acceptors (Lipinski definition) is 7. The molecule has 0 aromatic heterocycles. The zero-order valence-corrected chi connectivity index (χ0v) is 43.7. The van der Waals surface area contributed by atoms with E-state index in [9.17, 15) is 4.79 Å². The quantitative estimate of drug-likeness (QED) is 0.0680. The molecule has 0 radical (unpaired) electrons. The number of nitrogens with zero attached hydrogens (tertiary/aromatic N) is 1. The Kier molecular flexibility index (Phi) is 18.1. The molecule has 10 heteroatoms. The molecule has 0 aliphatic rings. The second-order valence-corrected chi connectivity index (χ2v) is 21.5. The minimum absolute atomic E-state index is 0.0335. The van der Waals surface area contributed by atoms with Gasteiger partial charge in [0, 0.05) is 36.1 Å². The predicted octanol–water partition coefficient (Wildman–Crippen LogP) is 14.7. The summed E-state index contributed by atoms with van der Waals surface area (Å²) in [4.78, 5) is 17.4.